The van der Waals surface area contributed by atoms with Crippen LogP contribution in [-0.2, 0) is 34.6 Å². The average molecular weight is 570 g/mol. The van der Waals surface area contributed by atoms with Crippen LogP contribution < -0.4 is 4.89 Å². The normalized spacial score (nSPS) is 11.6. The van der Waals surface area contributed by atoms with Gasteiger partial charge in [0, 0.05) is 35.2 Å². The van der Waals surface area contributed by atoms with E-state index in [-0.39, 0.29) is 0 Å². The van der Waals surface area contributed by atoms with Crippen LogP contribution in [0.15, 0.2) is 88.2 Å². The molecule has 210 valence electrons. The zero-order valence-electron chi connectivity index (χ0n) is 22.5. The maximum atomic E-state index is 13.1. The standard InChI is InChI=1S/C31H30F3NO4S/c1-21-17-27(13-14-28(21)39-38-22(2)36)40-20-25-18-29(24-9-11-26(12-10-24)31(32,33)34)37-30(25)19-35(3)16-15-23-7-5-4-6-8-23/h4-14,17-18H,15-16,19-20H2,1-3H3. The van der Waals surface area contributed by atoms with Gasteiger partial charge in [-0.3, -0.25) is 14.7 Å². The molecule has 0 N–H and O–H groups in total. The summed E-state index contributed by atoms with van der Waals surface area (Å²) in [6.07, 6.45) is -3.51. The van der Waals surface area contributed by atoms with E-state index in [4.69, 9.17) is 9.30 Å². The summed E-state index contributed by atoms with van der Waals surface area (Å²) >= 11 is 1.60. The van der Waals surface area contributed by atoms with E-state index in [1.807, 2.05) is 50.4 Å². The highest BCUT2D eigenvalue weighted by Gasteiger charge is 2.30. The highest BCUT2D eigenvalue weighted by Crippen LogP contribution is 2.35. The number of benzene rings is 3. The van der Waals surface area contributed by atoms with Crippen molar-refractivity contribution in [1.29, 1.82) is 0 Å². The molecule has 0 saturated carbocycles. The number of furan rings is 1. The van der Waals surface area contributed by atoms with Crippen molar-refractivity contribution < 1.29 is 32.2 Å². The van der Waals surface area contributed by atoms with Crippen molar-refractivity contribution in [2.75, 3.05) is 13.6 Å². The summed E-state index contributed by atoms with van der Waals surface area (Å²) in [4.78, 5) is 23.9. The summed E-state index contributed by atoms with van der Waals surface area (Å²) in [6.45, 7) is 4.49. The second kappa shape index (κ2) is 13.1. The maximum absolute atomic E-state index is 13.1. The molecular weight excluding hydrogens is 539 g/mol. The summed E-state index contributed by atoms with van der Waals surface area (Å²) < 4.78 is 45.4. The summed E-state index contributed by atoms with van der Waals surface area (Å²) in [5.41, 5.74) is 2.90. The molecule has 4 rings (SSSR count). The Labute approximate surface area is 235 Å². The average Bonchev–Trinajstić information content (AvgIpc) is 3.32. The molecule has 0 atom stereocenters. The molecule has 0 fully saturated rings. The lowest BCUT2D eigenvalue weighted by Crippen LogP contribution is -2.21. The van der Waals surface area contributed by atoms with Crippen LogP contribution >= 0.6 is 11.8 Å². The monoisotopic (exact) mass is 569 g/mol. The number of rotatable bonds is 11. The smallest absolute Gasteiger partial charge is 0.416 e. The Balaban J connectivity index is 1.51. The van der Waals surface area contributed by atoms with Crippen LogP contribution in [0.1, 0.15) is 34.9 Å². The molecule has 1 aromatic heterocycles. The number of carbonyl (C=O) groups is 1. The molecule has 0 aliphatic rings. The van der Waals surface area contributed by atoms with Gasteiger partial charge in [-0.05, 0) is 67.9 Å². The van der Waals surface area contributed by atoms with Gasteiger partial charge < -0.3 is 4.42 Å². The number of halogens is 3. The first kappa shape index (κ1) is 29.3. The summed E-state index contributed by atoms with van der Waals surface area (Å²) in [7, 11) is 2.02. The minimum Gasteiger partial charge on any atom is -0.459 e. The fourth-order valence-corrected chi connectivity index (χ4v) is 5.04. The van der Waals surface area contributed by atoms with Gasteiger partial charge in [-0.25, -0.2) is 4.79 Å². The van der Waals surface area contributed by atoms with E-state index >= 15 is 0 Å². The summed E-state index contributed by atoms with van der Waals surface area (Å²) in [6, 6.07) is 22.7. The fraction of sp³-hybridized carbons (Fsp3) is 0.258. The number of hydrogen-bond donors (Lipinski definition) is 0. The van der Waals surface area contributed by atoms with E-state index in [1.165, 1.54) is 24.6 Å². The van der Waals surface area contributed by atoms with Gasteiger partial charge >= 0.3 is 12.1 Å². The van der Waals surface area contributed by atoms with Gasteiger partial charge in [0.2, 0.25) is 0 Å². The van der Waals surface area contributed by atoms with Gasteiger partial charge in [0.25, 0.3) is 0 Å². The SMILES string of the molecule is CC(=O)OOc1ccc(SCc2cc(-c3ccc(C(F)(F)F)cc3)oc2CN(C)CCc2ccccc2)cc1C. The summed E-state index contributed by atoms with van der Waals surface area (Å²) in [5, 5.41) is 0. The van der Waals surface area contributed by atoms with E-state index in [1.54, 1.807) is 17.8 Å². The van der Waals surface area contributed by atoms with Crippen LogP contribution in [0, 0.1) is 6.92 Å². The van der Waals surface area contributed by atoms with E-state index < -0.39 is 17.7 Å². The number of aryl methyl sites for hydroxylation is 1. The molecule has 0 aliphatic carbocycles. The van der Waals surface area contributed by atoms with Crippen molar-refractivity contribution in [3.05, 3.63) is 107 Å². The lowest BCUT2D eigenvalue weighted by molar-refractivity contribution is -0.211. The highest BCUT2D eigenvalue weighted by molar-refractivity contribution is 7.98. The Hall–Kier alpha value is -3.69. The number of thioether (sulfide) groups is 1. The molecule has 4 aromatic rings. The molecule has 3 aromatic carbocycles. The molecule has 40 heavy (non-hydrogen) atoms. The minimum absolute atomic E-state index is 0.452. The number of alkyl halides is 3. The van der Waals surface area contributed by atoms with Gasteiger partial charge in [0.15, 0.2) is 5.75 Å². The minimum atomic E-state index is -4.40. The van der Waals surface area contributed by atoms with Crippen LogP contribution in [0.5, 0.6) is 5.75 Å². The molecular formula is C31H30F3NO4S. The van der Waals surface area contributed by atoms with E-state index in [2.05, 4.69) is 21.9 Å². The van der Waals surface area contributed by atoms with E-state index in [0.717, 1.165) is 46.9 Å². The molecule has 0 amide bonds. The molecule has 0 spiro atoms. The fourth-order valence-electron chi connectivity index (χ4n) is 4.05. The largest absolute Gasteiger partial charge is 0.459 e. The molecule has 0 saturated heterocycles. The number of nitrogens with zero attached hydrogens (tertiary/aromatic N) is 1. The molecule has 0 bridgehead atoms. The second-order valence-corrected chi connectivity index (χ2v) is 10.5. The molecule has 0 unspecified atom stereocenters. The molecule has 9 heteroatoms. The van der Waals surface area contributed by atoms with Crippen molar-refractivity contribution in [3.63, 3.8) is 0 Å². The Morgan fingerprint density at radius 3 is 2.38 bits per heavy atom. The Kier molecular flexibility index (Phi) is 9.60. The Morgan fingerprint density at radius 1 is 1.00 bits per heavy atom. The maximum Gasteiger partial charge on any atom is 0.416 e. The van der Waals surface area contributed by atoms with Gasteiger partial charge in [-0.15, -0.1) is 11.8 Å². The van der Waals surface area contributed by atoms with E-state index in [0.29, 0.717) is 29.4 Å². The predicted octanol–water partition coefficient (Wildman–Crippen LogP) is 8.10. The Bertz CT molecular complexity index is 1420. The molecule has 5 nitrogen and oxygen atoms in total. The topological polar surface area (TPSA) is 51.9 Å². The molecule has 0 radical (unpaired) electrons. The van der Waals surface area contributed by atoms with Crippen LogP contribution in [0.25, 0.3) is 11.3 Å². The summed E-state index contributed by atoms with van der Waals surface area (Å²) in [5.74, 6) is 1.80. The van der Waals surface area contributed by atoms with Crippen LogP contribution in [0.4, 0.5) is 13.2 Å². The van der Waals surface area contributed by atoms with Gasteiger partial charge in [-0.1, -0.05) is 42.5 Å². The van der Waals surface area contributed by atoms with Crippen LogP contribution in [0.3, 0.4) is 0 Å². The van der Waals surface area contributed by atoms with Crippen molar-refractivity contribution in [2.45, 2.75) is 43.6 Å². The van der Waals surface area contributed by atoms with E-state index in [9.17, 15) is 18.0 Å². The zero-order chi connectivity index (χ0) is 28.7. The molecule has 1 heterocycles. The van der Waals surface area contributed by atoms with Crippen LogP contribution in [0.2, 0.25) is 0 Å². The number of hydrogen-bond acceptors (Lipinski definition) is 6. The van der Waals surface area contributed by atoms with Crippen molar-refractivity contribution in [2.24, 2.45) is 0 Å². The van der Waals surface area contributed by atoms with Crippen molar-refractivity contribution in [1.82, 2.24) is 4.90 Å². The lowest BCUT2D eigenvalue weighted by atomic mass is 10.1. The van der Waals surface area contributed by atoms with Gasteiger partial charge in [0.1, 0.15) is 11.5 Å². The predicted molar refractivity (Wildman–Crippen MR) is 149 cm³/mol. The first-order valence-electron chi connectivity index (χ1n) is 12.7. The van der Waals surface area contributed by atoms with Crippen LogP contribution in [-0.4, -0.2) is 24.5 Å². The van der Waals surface area contributed by atoms with Crippen molar-refractivity contribution in [3.8, 4) is 17.1 Å². The first-order valence-corrected chi connectivity index (χ1v) is 13.7. The third-order valence-electron chi connectivity index (χ3n) is 6.22. The molecule has 0 aliphatic heterocycles. The van der Waals surface area contributed by atoms with Gasteiger partial charge in [0.05, 0.1) is 12.1 Å². The third kappa shape index (κ3) is 8.16. The third-order valence-corrected chi connectivity index (χ3v) is 7.26. The number of likely N-dealkylation sites (N-methyl/N-ethyl adjacent to an activating group) is 1. The quantitative estimate of drug-likeness (QED) is 0.103. The zero-order valence-corrected chi connectivity index (χ0v) is 23.3. The Morgan fingerprint density at radius 2 is 1.73 bits per heavy atom. The number of carbonyl (C=O) groups excluding carboxylic acids is 1. The second-order valence-electron chi connectivity index (χ2n) is 9.48. The van der Waals surface area contributed by atoms with Gasteiger partial charge in [-0.2, -0.15) is 13.2 Å². The lowest BCUT2D eigenvalue weighted by Gasteiger charge is -2.16. The highest BCUT2D eigenvalue weighted by atomic mass is 32.2. The van der Waals surface area contributed by atoms with Crippen molar-refractivity contribution >= 4 is 17.7 Å². The first-order chi connectivity index (χ1) is 19.1.